The highest BCUT2D eigenvalue weighted by atomic mass is 16.5. The summed E-state index contributed by atoms with van der Waals surface area (Å²) in [7, 11) is 1.71. The fourth-order valence-corrected chi connectivity index (χ4v) is 2.04. The molecule has 90 valence electrons. The molecule has 1 aromatic heterocycles. The number of hydrogen-bond acceptors (Lipinski definition) is 3. The molecular formula is C14H18N2O. The van der Waals surface area contributed by atoms with Gasteiger partial charge in [-0.3, -0.25) is 4.98 Å². The van der Waals surface area contributed by atoms with Gasteiger partial charge in [0.1, 0.15) is 0 Å². The van der Waals surface area contributed by atoms with Crippen LogP contribution in [0, 0.1) is 6.92 Å². The van der Waals surface area contributed by atoms with Crippen LogP contribution in [0.1, 0.15) is 18.2 Å². The van der Waals surface area contributed by atoms with Crippen LogP contribution >= 0.6 is 0 Å². The first kappa shape index (κ1) is 11.9. The van der Waals surface area contributed by atoms with E-state index in [4.69, 9.17) is 4.74 Å². The lowest BCUT2D eigenvalue weighted by molar-refractivity contribution is 0.186. The van der Waals surface area contributed by atoms with Crippen LogP contribution < -0.4 is 5.32 Å². The number of benzene rings is 1. The van der Waals surface area contributed by atoms with E-state index in [2.05, 4.69) is 41.5 Å². The van der Waals surface area contributed by atoms with Crippen LogP contribution in [0.3, 0.4) is 0 Å². The van der Waals surface area contributed by atoms with Gasteiger partial charge in [-0.1, -0.05) is 18.2 Å². The summed E-state index contributed by atoms with van der Waals surface area (Å²) in [5.74, 6) is 0. The number of para-hydroxylation sites is 1. The third-order valence-electron chi connectivity index (χ3n) is 2.72. The Bertz CT molecular complexity index is 523. The van der Waals surface area contributed by atoms with Crippen molar-refractivity contribution in [2.24, 2.45) is 0 Å². The second-order valence-electron chi connectivity index (χ2n) is 4.09. The van der Waals surface area contributed by atoms with Crippen LogP contribution in [0.25, 0.3) is 10.9 Å². The van der Waals surface area contributed by atoms with Gasteiger partial charge in [-0.05, 0) is 19.9 Å². The maximum atomic E-state index is 5.22. The Balaban J connectivity index is 2.64. The smallest absolute Gasteiger partial charge is 0.0781 e. The molecule has 0 fully saturated rings. The molecule has 0 aliphatic rings. The number of methoxy groups -OCH3 is 1. The maximum Gasteiger partial charge on any atom is 0.0781 e. The van der Waals surface area contributed by atoms with Gasteiger partial charge in [0, 0.05) is 36.0 Å². The number of nitrogens with zero attached hydrogens (tertiary/aromatic N) is 1. The monoisotopic (exact) mass is 230 g/mol. The van der Waals surface area contributed by atoms with Gasteiger partial charge in [-0.2, -0.15) is 0 Å². The highest BCUT2D eigenvalue weighted by Crippen LogP contribution is 2.26. The predicted molar refractivity (Wildman–Crippen MR) is 71.4 cm³/mol. The quantitative estimate of drug-likeness (QED) is 0.876. The predicted octanol–water partition coefficient (Wildman–Crippen LogP) is 3.12. The summed E-state index contributed by atoms with van der Waals surface area (Å²) in [6.07, 6.45) is 0. The molecule has 1 aromatic carbocycles. The van der Waals surface area contributed by atoms with Crippen molar-refractivity contribution in [3.8, 4) is 0 Å². The van der Waals surface area contributed by atoms with Crippen LogP contribution in [0.2, 0.25) is 0 Å². The van der Waals surface area contributed by atoms with Gasteiger partial charge in [-0.15, -0.1) is 0 Å². The summed E-state index contributed by atoms with van der Waals surface area (Å²) in [5, 5.41) is 4.54. The lowest BCUT2D eigenvalue weighted by Gasteiger charge is -2.11. The van der Waals surface area contributed by atoms with Crippen LogP contribution in [-0.2, 0) is 11.3 Å². The van der Waals surface area contributed by atoms with Gasteiger partial charge in [-0.25, -0.2) is 0 Å². The average Bonchev–Trinajstić information content (AvgIpc) is 2.31. The van der Waals surface area contributed by atoms with Crippen molar-refractivity contribution in [1.29, 1.82) is 0 Å². The molecule has 0 spiro atoms. The number of aromatic nitrogens is 1. The van der Waals surface area contributed by atoms with Crippen molar-refractivity contribution in [1.82, 2.24) is 4.98 Å². The van der Waals surface area contributed by atoms with E-state index in [0.717, 1.165) is 34.4 Å². The van der Waals surface area contributed by atoms with Gasteiger partial charge in [0.25, 0.3) is 0 Å². The fraction of sp³-hybridized carbons (Fsp3) is 0.357. The maximum absolute atomic E-state index is 5.22. The molecule has 1 N–H and O–H groups in total. The number of rotatable bonds is 4. The first-order chi connectivity index (χ1) is 8.26. The lowest BCUT2D eigenvalue weighted by atomic mass is 10.1. The number of pyridine rings is 1. The first-order valence-electron chi connectivity index (χ1n) is 5.88. The Morgan fingerprint density at radius 2 is 2.18 bits per heavy atom. The molecule has 0 atom stereocenters. The Morgan fingerprint density at radius 3 is 2.88 bits per heavy atom. The van der Waals surface area contributed by atoms with Crippen LogP contribution in [0.5, 0.6) is 0 Å². The summed E-state index contributed by atoms with van der Waals surface area (Å²) < 4.78 is 5.22. The molecule has 0 radical (unpaired) electrons. The number of nitrogens with one attached hydrogen (secondary N) is 1. The van der Waals surface area contributed by atoms with E-state index in [9.17, 15) is 0 Å². The molecular weight excluding hydrogens is 212 g/mol. The number of hydrogen-bond donors (Lipinski definition) is 1. The molecule has 0 amide bonds. The largest absolute Gasteiger partial charge is 0.385 e. The molecule has 2 rings (SSSR count). The van der Waals surface area contributed by atoms with Crippen LogP contribution in [0.4, 0.5) is 5.69 Å². The molecule has 3 nitrogen and oxygen atoms in total. The van der Waals surface area contributed by atoms with Gasteiger partial charge in [0.2, 0.25) is 0 Å². The second kappa shape index (κ2) is 5.15. The van der Waals surface area contributed by atoms with Crippen molar-refractivity contribution >= 4 is 16.6 Å². The lowest BCUT2D eigenvalue weighted by Crippen LogP contribution is -2.01. The molecule has 0 aliphatic heterocycles. The van der Waals surface area contributed by atoms with E-state index >= 15 is 0 Å². The van der Waals surface area contributed by atoms with E-state index < -0.39 is 0 Å². The van der Waals surface area contributed by atoms with E-state index in [1.165, 1.54) is 0 Å². The third kappa shape index (κ3) is 2.39. The van der Waals surface area contributed by atoms with E-state index in [1.807, 2.05) is 6.92 Å². The van der Waals surface area contributed by atoms with Crippen LogP contribution in [-0.4, -0.2) is 18.6 Å². The van der Waals surface area contributed by atoms with Crippen molar-refractivity contribution in [3.63, 3.8) is 0 Å². The Kier molecular flexibility index (Phi) is 3.59. The SMILES string of the molecule is CCNc1cc(C)nc2c(COC)cccc12. The number of fused-ring (bicyclic) bond motifs is 1. The molecule has 2 aromatic rings. The number of anilines is 1. The molecule has 17 heavy (non-hydrogen) atoms. The molecule has 0 unspecified atom stereocenters. The summed E-state index contributed by atoms with van der Waals surface area (Å²) in [6, 6.07) is 8.30. The first-order valence-corrected chi connectivity index (χ1v) is 5.88. The Hall–Kier alpha value is -1.61. The zero-order valence-electron chi connectivity index (χ0n) is 10.6. The van der Waals surface area contributed by atoms with Gasteiger partial charge in [0.15, 0.2) is 0 Å². The minimum absolute atomic E-state index is 0.597. The van der Waals surface area contributed by atoms with Crippen molar-refractivity contribution in [2.45, 2.75) is 20.5 Å². The van der Waals surface area contributed by atoms with Gasteiger partial charge >= 0.3 is 0 Å². The highest BCUT2D eigenvalue weighted by molar-refractivity contribution is 5.93. The van der Waals surface area contributed by atoms with Crippen molar-refractivity contribution < 1.29 is 4.74 Å². The molecule has 0 saturated carbocycles. The molecule has 0 saturated heterocycles. The highest BCUT2D eigenvalue weighted by Gasteiger charge is 2.07. The van der Waals surface area contributed by atoms with Gasteiger partial charge < -0.3 is 10.1 Å². The van der Waals surface area contributed by atoms with E-state index in [1.54, 1.807) is 7.11 Å². The normalized spacial score (nSPS) is 10.8. The number of aryl methyl sites for hydroxylation is 1. The Labute approximate surface area is 102 Å². The number of ether oxygens (including phenoxy) is 1. The average molecular weight is 230 g/mol. The molecule has 0 aliphatic carbocycles. The third-order valence-corrected chi connectivity index (χ3v) is 2.72. The summed E-state index contributed by atoms with van der Waals surface area (Å²) in [4.78, 5) is 4.62. The minimum atomic E-state index is 0.597. The topological polar surface area (TPSA) is 34.2 Å². The van der Waals surface area contributed by atoms with Crippen molar-refractivity contribution in [3.05, 3.63) is 35.5 Å². The summed E-state index contributed by atoms with van der Waals surface area (Å²) in [6.45, 7) is 5.62. The minimum Gasteiger partial charge on any atom is -0.385 e. The van der Waals surface area contributed by atoms with E-state index in [-0.39, 0.29) is 0 Å². The Morgan fingerprint density at radius 1 is 1.35 bits per heavy atom. The van der Waals surface area contributed by atoms with Crippen molar-refractivity contribution in [2.75, 3.05) is 19.0 Å². The molecule has 1 heterocycles. The standard InChI is InChI=1S/C14H18N2O/c1-4-15-13-8-10(2)16-14-11(9-17-3)6-5-7-12(13)14/h5-8H,4,9H2,1-3H3,(H,15,16). The molecule has 0 bridgehead atoms. The van der Waals surface area contributed by atoms with E-state index in [0.29, 0.717) is 6.61 Å². The summed E-state index contributed by atoms with van der Waals surface area (Å²) in [5.41, 5.74) is 4.34. The summed E-state index contributed by atoms with van der Waals surface area (Å²) >= 11 is 0. The van der Waals surface area contributed by atoms with Crippen LogP contribution in [0.15, 0.2) is 24.3 Å². The van der Waals surface area contributed by atoms with Gasteiger partial charge in [0.05, 0.1) is 12.1 Å². The zero-order valence-corrected chi connectivity index (χ0v) is 10.6. The zero-order chi connectivity index (χ0) is 12.3. The fourth-order valence-electron chi connectivity index (χ4n) is 2.04. The second-order valence-corrected chi connectivity index (χ2v) is 4.09. The molecule has 3 heteroatoms.